The number of aliphatic hydroxyl groups is 1. The minimum absolute atomic E-state index is 0.120. The number of hydrogen-bond donors (Lipinski definition) is 2. The van der Waals surface area contributed by atoms with E-state index in [4.69, 9.17) is 4.74 Å². The number of nitrogens with one attached hydrogen (secondary N) is 1. The van der Waals surface area contributed by atoms with E-state index in [0.717, 1.165) is 31.4 Å². The number of likely N-dealkylation sites (tertiary alicyclic amines) is 1. The van der Waals surface area contributed by atoms with Crippen LogP contribution in [-0.2, 0) is 11.3 Å². The molecular formula is C19H28N2O3. The van der Waals surface area contributed by atoms with Crippen LogP contribution in [0.15, 0.2) is 30.3 Å². The third kappa shape index (κ3) is 4.71. The van der Waals surface area contributed by atoms with E-state index in [1.54, 1.807) is 0 Å². The molecule has 24 heavy (non-hydrogen) atoms. The fourth-order valence-electron chi connectivity index (χ4n) is 3.48. The van der Waals surface area contributed by atoms with Crippen LogP contribution in [0.1, 0.15) is 44.1 Å². The standard InChI is InChI=1S/C19H28N2O3/c22-13-11-17(20-16-9-10-16)18-8-4-5-12-21(18)19(23)24-14-15-6-2-1-3-7-15/h1-3,6-7,16-18,20,22H,4-5,8-14H2/t17-,18+/m1/s1. The molecule has 132 valence electrons. The second-order valence-corrected chi connectivity index (χ2v) is 6.86. The summed E-state index contributed by atoms with van der Waals surface area (Å²) in [6.07, 6.45) is 5.98. The first-order valence-electron chi connectivity index (χ1n) is 9.12. The maximum absolute atomic E-state index is 12.6. The van der Waals surface area contributed by atoms with Crippen molar-refractivity contribution in [2.75, 3.05) is 13.2 Å². The Morgan fingerprint density at radius 3 is 2.75 bits per heavy atom. The second kappa shape index (κ2) is 8.49. The molecule has 3 rings (SSSR count). The Morgan fingerprint density at radius 1 is 1.25 bits per heavy atom. The molecule has 0 aromatic heterocycles. The molecule has 1 saturated heterocycles. The number of benzene rings is 1. The van der Waals surface area contributed by atoms with Gasteiger partial charge in [0, 0.05) is 25.2 Å². The minimum Gasteiger partial charge on any atom is -0.445 e. The van der Waals surface area contributed by atoms with Gasteiger partial charge in [-0.1, -0.05) is 30.3 Å². The number of ether oxygens (including phenoxy) is 1. The van der Waals surface area contributed by atoms with Crippen molar-refractivity contribution in [2.24, 2.45) is 0 Å². The van der Waals surface area contributed by atoms with Gasteiger partial charge in [0.2, 0.25) is 0 Å². The predicted molar refractivity (Wildman–Crippen MR) is 92.6 cm³/mol. The zero-order valence-electron chi connectivity index (χ0n) is 14.2. The lowest BCUT2D eigenvalue weighted by Crippen LogP contribution is -2.55. The zero-order chi connectivity index (χ0) is 16.8. The average molecular weight is 332 g/mol. The molecule has 2 atom stereocenters. The summed E-state index contributed by atoms with van der Waals surface area (Å²) < 4.78 is 5.54. The quantitative estimate of drug-likeness (QED) is 0.806. The van der Waals surface area contributed by atoms with Crippen LogP contribution < -0.4 is 5.32 Å². The summed E-state index contributed by atoms with van der Waals surface area (Å²) in [5.74, 6) is 0. The van der Waals surface area contributed by atoms with Crippen LogP contribution in [0.3, 0.4) is 0 Å². The van der Waals surface area contributed by atoms with Crippen molar-refractivity contribution in [2.45, 2.75) is 63.3 Å². The Morgan fingerprint density at radius 2 is 2.04 bits per heavy atom. The lowest BCUT2D eigenvalue weighted by Gasteiger charge is -2.40. The number of rotatable bonds is 7. The average Bonchev–Trinajstić information content (AvgIpc) is 3.44. The minimum atomic E-state index is -0.232. The van der Waals surface area contributed by atoms with Crippen molar-refractivity contribution >= 4 is 6.09 Å². The monoisotopic (exact) mass is 332 g/mol. The van der Waals surface area contributed by atoms with Crippen LogP contribution >= 0.6 is 0 Å². The topological polar surface area (TPSA) is 61.8 Å². The number of piperidine rings is 1. The third-order valence-electron chi connectivity index (χ3n) is 4.92. The zero-order valence-corrected chi connectivity index (χ0v) is 14.2. The molecule has 1 saturated carbocycles. The Hall–Kier alpha value is -1.59. The molecule has 5 heteroatoms. The van der Waals surface area contributed by atoms with E-state index < -0.39 is 0 Å². The van der Waals surface area contributed by atoms with Gasteiger partial charge in [0.1, 0.15) is 6.61 Å². The van der Waals surface area contributed by atoms with Gasteiger partial charge in [-0.2, -0.15) is 0 Å². The lowest BCUT2D eigenvalue weighted by molar-refractivity contribution is 0.0536. The lowest BCUT2D eigenvalue weighted by atomic mass is 9.94. The predicted octanol–water partition coefficient (Wildman–Crippen LogP) is 2.68. The van der Waals surface area contributed by atoms with Crippen LogP contribution in [0.4, 0.5) is 4.79 Å². The van der Waals surface area contributed by atoms with E-state index in [-0.39, 0.29) is 24.8 Å². The molecule has 1 heterocycles. The van der Waals surface area contributed by atoms with Gasteiger partial charge in [-0.3, -0.25) is 0 Å². The second-order valence-electron chi connectivity index (χ2n) is 6.86. The summed E-state index contributed by atoms with van der Waals surface area (Å²) in [5, 5.41) is 13.0. The first-order chi connectivity index (χ1) is 11.8. The fraction of sp³-hybridized carbons (Fsp3) is 0.632. The number of amides is 1. The molecule has 1 aliphatic carbocycles. The highest BCUT2D eigenvalue weighted by Crippen LogP contribution is 2.26. The molecule has 5 nitrogen and oxygen atoms in total. The van der Waals surface area contributed by atoms with E-state index in [0.29, 0.717) is 19.1 Å². The molecule has 0 bridgehead atoms. The van der Waals surface area contributed by atoms with Crippen LogP contribution in [-0.4, -0.2) is 47.4 Å². The Bertz CT molecular complexity index is 519. The van der Waals surface area contributed by atoms with Crippen molar-refractivity contribution in [3.63, 3.8) is 0 Å². The molecule has 1 amide bonds. The maximum Gasteiger partial charge on any atom is 0.410 e. The van der Waals surface area contributed by atoms with E-state index in [1.807, 2.05) is 35.2 Å². The summed E-state index contributed by atoms with van der Waals surface area (Å²) in [7, 11) is 0. The number of hydrogen-bond acceptors (Lipinski definition) is 4. The van der Waals surface area contributed by atoms with Gasteiger partial charge in [0.25, 0.3) is 0 Å². The number of nitrogens with zero attached hydrogens (tertiary/aromatic N) is 1. The Balaban J connectivity index is 1.60. The third-order valence-corrected chi connectivity index (χ3v) is 4.92. The largest absolute Gasteiger partial charge is 0.445 e. The first kappa shape index (κ1) is 17.2. The highest BCUT2D eigenvalue weighted by atomic mass is 16.6. The molecule has 1 aliphatic heterocycles. The van der Waals surface area contributed by atoms with Crippen molar-refractivity contribution < 1.29 is 14.6 Å². The van der Waals surface area contributed by atoms with E-state index >= 15 is 0 Å². The normalized spacial score (nSPS) is 22.2. The summed E-state index contributed by atoms with van der Waals surface area (Å²) in [6.45, 7) is 1.20. The van der Waals surface area contributed by atoms with Gasteiger partial charge < -0.3 is 20.1 Å². The van der Waals surface area contributed by atoms with E-state index in [2.05, 4.69) is 5.32 Å². The Labute approximate surface area is 144 Å². The van der Waals surface area contributed by atoms with Crippen LogP contribution in [0.25, 0.3) is 0 Å². The van der Waals surface area contributed by atoms with Gasteiger partial charge in [-0.25, -0.2) is 4.79 Å². The molecule has 1 aromatic carbocycles. The van der Waals surface area contributed by atoms with Gasteiger partial charge in [-0.15, -0.1) is 0 Å². The number of aliphatic hydroxyl groups excluding tert-OH is 1. The van der Waals surface area contributed by atoms with Crippen LogP contribution in [0.5, 0.6) is 0 Å². The molecule has 0 spiro atoms. The SMILES string of the molecule is O=C(OCc1ccccc1)N1CCCC[C@H]1[C@@H](CCO)NC1CC1. The van der Waals surface area contributed by atoms with Gasteiger partial charge in [-0.05, 0) is 44.1 Å². The van der Waals surface area contributed by atoms with Gasteiger partial charge in [0.15, 0.2) is 0 Å². The molecular weight excluding hydrogens is 304 g/mol. The Kier molecular flexibility index (Phi) is 6.10. The smallest absolute Gasteiger partial charge is 0.410 e. The number of carbonyl (C=O) groups is 1. The molecule has 0 radical (unpaired) electrons. The van der Waals surface area contributed by atoms with Gasteiger partial charge >= 0.3 is 6.09 Å². The van der Waals surface area contributed by atoms with Crippen LogP contribution in [0.2, 0.25) is 0 Å². The molecule has 2 N–H and O–H groups in total. The van der Waals surface area contributed by atoms with E-state index in [1.165, 1.54) is 12.8 Å². The van der Waals surface area contributed by atoms with Crippen molar-refractivity contribution in [1.29, 1.82) is 0 Å². The number of carbonyl (C=O) groups excluding carboxylic acids is 1. The summed E-state index contributed by atoms with van der Waals surface area (Å²) in [6, 6.07) is 10.6. The highest BCUT2D eigenvalue weighted by Gasteiger charge is 2.36. The maximum atomic E-state index is 12.6. The van der Waals surface area contributed by atoms with Crippen molar-refractivity contribution in [1.82, 2.24) is 10.2 Å². The summed E-state index contributed by atoms with van der Waals surface area (Å²) in [5.41, 5.74) is 1.00. The summed E-state index contributed by atoms with van der Waals surface area (Å²) >= 11 is 0. The molecule has 1 aromatic rings. The van der Waals surface area contributed by atoms with Crippen molar-refractivity contribution in [3.05, 3.63) is 35.9 Å². The molecule has 2 aliphatic rings. The highest BCUT2D eigenvalue weighted by molar-refractivity contribution is 5.68. The van der Waals surface area contributed by atoms with E-state index in [9.17, 15) is 9.90 Å². The first-order valence-corrected chi connectivity index (χ1v) is 9.12. The van der Waals surface area contributed by atoms with Gasteiger partial charge in [0.05, 0.1) is 6.04 Å². The molecule has 2 fully saturated rings. The molecule has 0 unspecified atom stereocenters. The summed E-state index contributed by atoms with van der Waals surface area (Å²) in [4.78, 5) is 14.5. The fourth-order valence-corrected chi connectivity index (χ4v) is 3.48. The van der Waals surface area contributed by atoms with Crippen molar-refractivity contribution in [3.8, 4) is 0 Å². The van der Waals surface area contributed by atoms with Crippen LogP contribution in [0, 0.1) is 0 Å².